The highest BCUT2D eigenvalue weighted by atomic mass is 16.5. The van der Waals surface area contributed by atoms with Crippen LogP contribution in [0.2, 0.25) is 0 Å². The molecule has 4 fully saturated rings. The van der Waals surface area contributed by atoms with Gasteiger partial charge in [-0.25, -0.2) is 0 Å². The third-order valence-electron chi connectivity index (χ3n) is 6.91. The number of methoxy groups -OCH3 is 2. The van der Waals surface area contributed by atoms with Crippen LogP contribution in [0, 0.1) is 5.92 Å². The van der Waals surface area contributed by atoms with Crippen molar-refractivity contribution >= 4 is 5.91 Å². The second kappa shape index (κ2) is 7.56. The fraction of sp³-hybridized carbons (Fsp3) is 0.478. The monoisotopic (exact) mass is 408 g/mol. The molecule has 0 spiro atoms. The van der Waals surface area contributed by atoms with Gasteiger partial charge in [0.15, 0.2) is 0 Å². The predicted molar refractivity (Wildman–Crippen MR) is 113 cm³/mol. The lowest BCUT2D eigenvalue weighted by Gasteiger charge is -2.55. The van der Waals surface area contributed by atoms with Crippen LogP contribution in [0.1, 0.15) is 15.9 Å². The molecule has 7 nitrogen and oxygen atoms in total. The molecule has 0 aliphatic carbocycles. The van der Waals surface area contributed by atoms with Gasteiger partial charge in [0.1, 0.15) is 5.56 Å². The van der Waals surface area contributed by atoms with Crippen molar-refractivity contribution in [3.8, 4) is 11.8 Å². The molecule has 4 aliphatic heterocycles. The van der Waals surface area contributed by atoms with E-state index in [1.807, 2.05) is 0 Å². The molecule has 2 unspecified atom stereocenters. The molecular weight excluding hydrogens is 380 g/mol. The van der Waals surface area contributed by atoms with Gasteiger partial charge in [-0.3, -0.25) is 4.79 Å². The van der Waals surface area contributed by atoms with Crippen molar-refractivity contribution < 1.29 is 14.3 Å². The molecule has 7 heteroatoms. The van der Waals surface area contributed by atoms with Crippen molar-refractivity contribution in [2.24, 2.45) is 5.92 Å². The standard InChI is InChI=1S/C23H28N4O3/c1-29-19-9-8-18(22(24-19)30-2)21(28)25-20-16-12-26-10-11-27(13-16)15-23(20,14-26)17-6-4-3-5-7-17/h3-9,16,20H,10-15H2,1-2H3,(H,25,28)/t16?,20-,23?/m0/s1. The van der Waals surface area contributed by atoms with Crippen molar-refractivity contribution in [1.29, 1.82) is 0 Å². The molecule has 1 amide bonds. The lowest BCUT2D eigenvalue weighted by Crippen LogP contribution is -2.70. The molecule has 30 heavy (non-hydrogen) atoms. The van der Waals surface area contributed by atoms with Crippen LogP contribution in [0.25, 0.3) is 0 Å². The third kappa shape index (κ3) is 3.13. The van der Waals surface area contributed by atoms with Crippen molar-refractivity contribution in [3.63, 3.8) is 0 Å². The molecule has 6 rings (SSSR count). The van der Waals surface area contributed by atoms with E-state index in [9.17, 15) is 4.79 Å². The number of amides is 1. The highest BCUT2D eigenvalue weighted by molar-refractivity contribution is 5.96. The summed E-state index contributed by atoms with van der Waals surface area (Å²) >= 11 is 0. The largest absolute Gasteiger partial charge is 0.481 e. The van der Waals surface area contributed by atoms with Gasteiger partial charge in [0.2, 0.25) is 11.8 Å². The summed E-state index contributed by atoms with van der Waals surface area (Å²) in [7, 11) is 3.07. The van der Waals surface area contributed by atoms with E-state index in [1.54, 1.807) is 19.2 Å². The normalized spacial score (nSPS) is 31.8. The first-order valence-corrected chi connectivity index (χ1v) is 10.5. The van der Waals surface area contributed by atoms with Crippen molar-refractivity contribution in [2.75, 3.05) is 53.5 Å². The Morgan fingerprint density at radius 3 is 2.37 bits per heavy atom. The average molecular weight is 409 g/mol. The van der Waals surface area contributed by atoms with Crippen LogP contribution in [0.15, 0.2) is 42.5 Å². The number of hydrogen-bond acceptors (Lipinski definition) is 6. The number of carbonyl (C=O) groups excluding carboxylic acids is 1. The molecule has 4 aliphatic rings. The smallest absolute Gasteiger partial charge is 0.257 e. The number of carbonyl (C=O) groups is 1. The zero-order valence-corrected chi connectivity index (χ0v) is 17.5. The van der Waals surface area contributed by atoms with Gasteiger partial charge in [0, 0.05) is 62.7 Å². The summed E-state index contributed by atoms with van der Waals surface area (Å²) in [5, 5.41) is 3.40. The molecular formula is C23H28N4O3. The molecule has 1 aromatic carbocycles. The first-order chi connectivity index (χ1) is 14.6. The predicted octanol–water partition coefficient (Wildman–Crippen LogP) is 1.40. The molecule has 4 saturated heterocycles. The van der Waals surface area contributed by atoms with Crippen molar-refractivity contribution in [3.05, 3.63) is 53.6 Å². The van der Waals surface area contributed by atoms with E-state index >= 15 is 0 Å². The topological polar surface area (TPSA) is 66.9 Å². The Bertz CT molecular complexity index is 919. The van der Waals surface area contributed by atoms with Crippen molar-refractivity contribution in [1.82, 2.24) is 20.1 Å². The summed E-state index contributed by atoms with van der Waals surface area (Å²) < 4.78 is 10.6. The van der Waals surface area contributed by atoms with E-state index in [-0.39, 0.29) is 23.2 Å². The van der Waals surface area contributed by atoms with Gasteiger partial charge < -0.3 is 24.6 Å². The van der Waals surface area contributed by atoms with E-state index < -0.39 is 0 Å². The molecule has 2 aromatic rings. The Morgan fingerprint density at radius 2 is 1.73 bits per heavy atom. The zero-order valence-electron chi connectivity index (χ0n) is 17.5. The summed E-state index contributed by atoms with van der Waals surface area (Å²) in [4.78, 5) is 22.8. The minimum absolute atomic E-state index is 0.0600. The average Bonchev–Trinajstić information content (AvgIpc) is 3.04. The lowest BCUT2D eigenvalue weighted by molar-refractivity contribution is 0.0180. The van der Waals surface area contributed by atoms with E-state index in [4.69, 9.17) is 9.47 Å². The maximum absolute atomic E-state index is 13.4. The van der Waals surface area contributed by atoms with E-state index in [0.717, 1.165) is 39.3 Å². The van der Waals surface area contributed by atoms with E-state index in [0.29, 0.717) is 17.4 Å². The third-order valence-corrected chi connectivity index (χ3v) is 6.91. The van der Waals surface area contributed by atoms with Crippen LogP contribution in [-0.4, -0.2) is 80.2 Å². The molecule has 4 bridgehead atoms. The van der Waals surface area contributed by atoms with Gasteiger partial charge in [0.25, 0.3) is 5.91 Å². The summed E-state index contributed by atoms with van der Waals surface area (Å²) in [5.74, 6) is 0.958. The summed E-state index contributed by atoms with van der Waals surface area (Å²) in [6.07, 6.45) is 0. The van der Waals surface area contributed by atoms with Crippen molar-refractivity contribution in [2.45, 2.75) is 11.5 Å². The summed E-state index contributed by atoms with van der Waals surface area (Å²) in [6, 6.07) is 14.2. The minimum Gasteiger partial charge on any atom is -0.481 e. The molecule has 158 valence electrons. The van der Waals surface area contributed by atoms with Crippen LogP contribution >= 0.6 is 0 Å². The number of rotatable bonds is 5. The van der Waals surface area contributed by atoms with Gasteiger partial charge in [-0.2, -0.15) is 4.98 Å². The van der Waals surface area contributed by atoms with Crippen LogP contribution in [-0.2, 0) is 5.41 Å². The first-order valence-electron chi connectivity index (χ1n) is 10.5. The fourth-order valence-electron chi connectivity index (χ4n) is 5.65. The number of hydrogen-bond donors (Lipinski definition) is 1. The summed E-state index contributed by atoms with van der Waals surface area (Å²) in [5.41, 5.74) is 1.62. The van der Waals surface area contributed by atoms with Crippen LogP contribution in [0.5, 0.6) is 11.8 Å². The Labute approximate surface area is 177 Å². The Hall–Kier alpha value is -2.64. The Kier molecular flexibility index (Phi) is 4.87. The molecule has 1 N–H and O–H groups in total. The maximum atomic E-state index is 13.4. The SMILES string of the molecule is COc1ccc(C(=O)N[C@H]2C3CN4CCN(C3)CC2(c2ccccc2)C4)c(OC)n1. The van der Waals surface area contributed by atoms with Gasteiger partial charge in [0.05, 0.1) is 14.2 Å². The van der Waals surface area contributed by atoms with Gasteiger partial charge in [-0.1, -0.05) is 30.3 Å². The lowest BCUT2D eigenvalue weighted by atomic mass is 9.64. The number of benzene rings is 1. The highest BCUT2D eigenvalue weighted by Crippen LogP contribution is 2.43. The number of aromatic nitrogens is 1. The van der Waals surface area contributed by atoms with E-state index in [2.05, 4.69) is 50.4 Å². The molecule has 5 heterocycles. The first kappa shape index (κ1) is 19.3. The quantitative estimate of drug-likeness (QED) is 0.807. The maximum Gasteiger partial charge on any atom is 0.257 e. The van der Waals surface area contributed by atoms with Gasteiger partial charge in [-0.05, 0) is 11.6 Å². The van der Waals surface area contributed by atoms with Crippen LogP contribution < -0.4 is 14.8 Å². The van der Waals surface area contributed by atoms with Gasteiger partial charge in [-0.15, -0.1) is 0 Å². The number of piperidine rings is 2. The Morgan fingerprint density at radius 1 is 1.03 bits per heavy atom. The van der Waals surface area contributed by atoms with E-state index in [1.165, 1.54) is 12.7 Å². The van der Waals surface area contributed by atoms with Gasteiger partial charge >= 0.3 is 0 Å². The summed E-state index contributed by atoms with van der Waals surface area (Å²) in [6.45, 7) is 6.17. The number of ether oxygens (including phenoxy) is 2. The molecule has 1 aromatic heterocycles. The molecule has 0 radical (unpaired) electrons. The Balaban J connectivity index is 1.51. The minimum atomic E-state index is -0.140. The fourth-order valence-corrected chi connectivity index (χ4v) is 5.65. The van der Waals surface area contributed by atoms with Crippen LogP contribution in [0.3, 0.4) is 0 Å². The number of nitrogens with one attached hydrogen (secondary N) is 1. The molecule has 0 saturated carbocycles. The second-order valence-corrected chi connectivity index (χ2v) is 8.61. The highest BCUT2D eigenvalue weighted by Gasteiger charge is 2.55. The second-order valence-electron chi connectivity index (χ2n) is 8.61. The zero-order chi connectivity index (χ0) is 20.7. The number of fused-ring (bicyclic) bond motifs is 1. The molecule has 3 atom stereocenters. The number of pyridine rings is 1. The number of nitrogens with zero attached hydrogens (tertiary/aromatic N) is 3. The van der Waals surface area contributed by atoms with Crippen LogP contribution in [0.4, 0.5) is 0 Å².